The van der Waals surface area contributed by atoms with Crippen molar-refractivity contribution in [2.75, 3.05) is 0 Å². The van der Waals surface area contributed by atoms with Crippen LogP contribution >= 0.6 is 0 Å². The molecule has 29 heavy (non-hydrogen) atoms. The summed E-state index contributed by atoms with van der Waals surface area (Å²) in [5, 5.41) is 11.1. The van der Waals surface area contributed by atoms with Crippen LogP contribution in [0.25, 0.3) is 0 Å². The smallest absolute Gasteiger partial charge is 0.315 e. The maximum atomic E-state index is 12.4. The number of allylic oxidation sites excluding steroid dienone is 1. The Hall–Kier alpha value is -2.56. The van der Waals surface area contributed by atoms with Gasteiger partial charge in [-0.05, 0) is 38.7 Å². The minimum Gasteiger partial charge on any atom is -0.335 e. The standard InChI is InChI=1S/C24H32N4O/c1-17-23(18(2)28(27-17)16-19-9-5-3-6-10-19)20-13-14-22(15-20)26-24(29)25-21-11-7-4-8-12-21/h3,5-6,9-10,13-14,20-22H,4,7-8,11-12,15-16H2,1-2H3,(H2,25,26,29). The summed E-state index contributed by atoms with van der Waals surface area (Å²) in [5.74, 6) is 0.305. The molecule has 0 radical (unpaired) electrons. The normalized spacial score (nSPS) is 22.0. The second-order valence-electron chi connectivity index (χ2n) is 8.51. The van der Waals surface area contributed by atoms with Gasteiger partial charge in [0.15, 0.2) is 0 Å². The van der Waals surface area contributed by atoms with Gasteiger partial charge in [-0.3, -0.25) is 4.68 Å². The van der Waals surface area contributed by atoms with Gasteiger partial charge in [0.2, 0.25) is 0 Å². The lowest BCUT2D eigenvalue weighted by atomic mass is 9.95. The Kier molecular flexibility index (Phi) is 6.02. The summed E-state index contributed by atoms with van der Waals surface area (Å²) < 4.78 is 2.10. The van der Waals surface area contributed by atoms with Crippen LogP contribution in [0, 0.1) is 13.8 Å². The van der Waals surface area contributed by atoms with Crippen LogP contribution in [0.5, 0.6) is 0 Å². The molecule has 1 aromatic heterocycles. The maximum absolute atomic E-state index is 12.4. The van der Waals surface area contributed by atoms with Gasteiger partial charge in [0.05, 0.1) is 12.2 Å². The van der Waals surface area contributed by atoms with E-state index in [1.165, 1.54) is 36.1 Å². The van der Waals surface area contributed by atoms with Crippen molar-refractivity contribution in [1.29, 1.82) is 0 Å². The lowest BCUT2D eigenvalue weighted by Crippen LogP contribution is -2.46. The summed E-state index contributed by atoms with van der Waals surface area (Å²) in [4.78, 5) is 12.4. The first kappa shape index (κ1) is 19.7. The van der Waals surface area contributed by atoms with E-state index in [4.69, 9.17) is 5.10 Å². The van der Waals surface area contributed by atoms with Crippen LogP contribution in [0.3, 0.4) is 0 Å². The molecule has 1 fully saturated rings. The van der Waals surface area contributed by atoms with E-state index in [-0.39, 0.29) is 12.1 Å². The van der Waals surface area contributed by atoms with Crippen molar-refractivity contribution in [1.82, 2.24) is 20.4 Å². The number of nitrogens with one attached hydrogen (secondary N) is 2. The van der Waals surface area contributed by atoms with E-state index in [1.54, 1.807) is 0 Å². The second-order valence-corrected chi connectivity index (χ2v) is 8.51. The Bertz CT molecular complexity index is 865. The Morgan fingerprint density at radius 1 is 1.07 bits per heavy atom. The van der Waals surface area contributed by atoms with E-state index in [0.717, 1.165) is 31.5 Å². The molecule has 154 valence electrons. The third kappa shape index (κ3) is 4.72. The average molecular weight is 393 g/mol. The number of hydrogen-bond acceptors (Lipinski definition) is 2. The molecule has 2 aliphatic rings. The molecule has 5 nitrogen and oxygen atoms in total. The van der Waals surface area contributed by atoms with Crippen molar-refractivity contribution < 1.29 is 4.79 Å². The SMILES string of the molecule is Cc1nn(Cc2ccccc2)c(C)c1C1C=CC(NC(=O)NC2CCCCC2)C1. The van der Waals surface area contributed by atoms with Crippen LogP contribution in [0.4, 0.5) is 4.79 Å². The largest absolute Gasteiger partial charge is 0.335 e. The first-order chi connectivity index (χ1) is 14.1. The Morgan fingerprint density at radius 3 is 2.59 bits per heavy atom. The topological polar surface area (TPSA) is 59.0 Å². The minimum atomic E-state index is -0.0274. The van der Waals surface area contributed by atoms with Crippen molar-refractivity contribution >= 4 is 6.03 Å². The Morgan fingerprint density at radius 2 is 1.83 bits per heavy atom. The summed E-state index contributed by atoms with van der Waals surface area (Å²) >= 11 is 0. The van der Waals surface area contributed by atoms with Crippen molar-refractivity contribution in [3.8, 4) is 0 Å². The van der Waals surface area contributed by atoms with Crippen molar-refractivity contribution in [3.05, 3.63) is 65.0 Å². The van der Waals surface area contributed by atoms with Crippen LogP contribution in [-0.4, -0.2) is 27.9 Å². The van der Waals surface area contributed by atoms with E-state index < -0.39 is 0 Å². The quantitative estimate of drug-likeness (QED) is 0.731. The highest BCUT2D eigenvalue weighted by molar-refractivity contribution is 5.75. The number of aryl methyl sites for hydroxylation is 1. The monoisotopic (exact) mass is 392 g/mol. The van der Waals surface area contributed by atoms with Crippen LogP contribution < -0.4 is 10.6 Å². The van der Waals surface area contributed by atoms with Crippen molar-refractivity contribution in [3.63, 3.8) is 0 Å². The number of carbonyl (C=O) groups excluding carboxylic acids is 1. The predicted molar refractivity (Wildman–Crippen MR) is 116 cm³/mol. The molecule has 2 aliphatic carbocycles. The fraction of sp³-hybridized carbons (Fsp3) is 0.500. The van der Waals surface area contributed by atoms with Crippen molar-refractivity contribution in [2.24, 2.45) is 0 Å². The minimum absolute atomic E-state index is 0.0274. The van der Waals surface area contributed by atoms with E-state index in [0.29, 0.717) is 12.0 Å². The number of carbonyl (C=O) groups is 1. The van der Waals surface area contributed by atoms with Gasteiger partial charge >= 0.3 is 6.03 Å². The molecule has 1 aromatic carbocycles. The molecule has 0 saturated heterocycles. The fourth-order valence-electron chi connectivity index (χ4n) is 4.82. The predicted octanol–water partition coefficient (Wildman–Crippen LogP) is 4.59. The molecule has 0 aliphatic heterocycles. The summed E-state index contributed by atoms with van der Waals surface area (Å²) in [6, 6.07) is 10.8. The van der Waals surface area contributed by atoms with E-state index in [1.807, 2.05) is 6.07 Å². The van der Waals surface area contributed by atoms with E-state index in [2.05, 4.69) is 65.6 Å². The zero-order valence-electron chi connectivity index (χ0n) is 17.5. The summed E-state index contributed by atoms with van der Waals surface area (Å²) in [6.45, 7) is 5.03. The van der Waals surface area contributed by atoms with Gasteiger partial charge in [-0.25, -0.2) is 4.79 Å². The third-order valence-electron chi connectivity index (χ3n) is 6.32. The highest BCUT2D eigenvalue weighted by Gasteiger charge is 2.27. The molecular formula is C24H32N4O. The average Bonchev–Trinajstić information content (AvgIpc) is 3.27. The van der Waals surface area contributed by atoms with Gasteiger partial charge in [-0.2, -0.15) is 5.10 Å². The highest BCUT2D eigenvalue weighted by Crippen LogP contribution is 2.33. The summed E-state index contributed by atoms with van der Waals surface area (Å²) in [7, 11) is 0. The molecular weight excluding hydrogens is 360 g/mol. The molecule has 1 heterocycles. The number of nitrogens with zero attached hydrogens (tertiary/aromatic N) is 2. The van der Waals surface area contributed by atoms with Gasteiger partial charge in [0.1, 0.15) is 0 Å². The van der Waals surface area contributed by atoms with Crippen LogP contribution in [0.15, 0.2) is 42.5 Å². The van der Waals surface area contributed by atoms with E-state index >= 15 is 0 Å². The zero-order chi connectivity index (χ0) is 20.2. The van der Waals surface area contributed by atoms with Gasteiger partial charge < -0.3 is 10.6 Å². The first-order valence-electron chi connectivity index (χ1n) is 10.9. The molecule has 1 saturated carbocycles. The maximum Gasteiger partial charge on any atom is 0.315 e. The highest BCUT2D eigenvalue weighted by atomic mass is 16.2. The number of aromatic nitrogens is 2. The molecule has 4 rings (SSSR count). The molecule has 0 spiro atoms. The Balaban J connectivity index is 1.36. The molecule has 2 amide bonds. The van der Waals surface area contributed by atoms with Gasteiger partial charge in [0, 0.05) is 29.3 Å². The number of amides is 2. The first-order valence-corrected chi connectivity index (χ1v) is 10.9. The number of urea groups is 1. The van der Waals surface area contributed by atoms with E-state index in [9.17, 15) is 4.79 Å². The van der Waals surface area contributed by atoms with Gasteiger partial charge in [-0.1, -0.05) is 61.7 Å². The number of benzene rings is 1. The lowest BCUT2D eigenvalue weighted by molar-refractivity contribution is 0.230. The Labute approximate surface area is 173 Å². The van der Waals surface area contributed by atoms with Crippen LogP contribution in [0.2, 0.25) is 0 Å². The molecule has 2 aromatic rings. The van der Waals surface area contributed by atoms with Crippen molar-refractivity contribution in [2.45, 2.75) is 76.9 Å². The fourth-order valence-corrected chi connectivity index (χ4v) is 4.82. The lowest BCUT2D eigenvalue weighted by Gasteiger charge is -2.24. The molecule has 0 bridgehead atoms. The zero-order valence-corrected chi connectivity index (χ0v) is 17.5. The molecule has 2 unspecified atom stereocenters. The summed E-state index contributed by atoms with van der Waals surface area (Å²) in [5.41, 5.74) is 4.86. The van der Waals surface area contributed by atoms with Crippen LogP contribution in [-0.2, 0) is 6.54 Å². The van der Waals surface area contributed by atoms with Gasteiger partial charge in [0.25, 0.3) is 0 Å². The molecule has 2 N–H and O–H groups in total. The third-order valence-corrected chi connectivity index (χ3v) is 6.32. The summed E-state index contributed by atoms with van der Waals surface area (Å²) in [6.07, 6.45) is 11.2. The number of rotatable bonds is 5. The molecule has 2 atom stereocenters. The number of hydrogen-bond donors (Lipinski definition) is 2. The second kappa shape index (κ2) is 8.85. The molecule has 5 heteroatoms. The van der Waals surface area contributed by atoms with Crippen LogP contribution in [0.1, 0.15) is 67.0 Å². The van der Waals surface area contributed by atoms with Gasteiger partial charge in [-0.15, -0.1) is 0 Å².